The van der Waals surface area contributed by atoms with Gasteiger partial charge < -0.3 is 20.2 Å². The summed E-state index contributed by atoms with van der Waals surface area (Å²) >= 11 is 0. The number of aliphatic carboxylic acids is 1. The number of hydrogen-bond donors (Lipinski definition) is 2. The maximum atomic E-state index is 12.3. The Morgan fingerprint density at radius 2 is 2.05 bits per heavy atom. The van der Waals surface area contributed by atoms with E-state index in [1.54, 1.807) is 12.1 Å². The number of carboxylic acids is 1. The molecule has 1 saturated carbocycles. The highest BCUT2D eigenvalue weighted by Gasteiger charge is 2.30. The number of amides is 1. The summed E-state index contributed by atoms with van der Waals surface area (Å²) in [5.41, 5.74) is 5.43. The molecule has 0 atom stereocenters. The van der Waals surface area contributed by atoms with Gasteiger partial charge in [0.1, 0.15) is 12.3 Å². The Morgan fingerprint density at radius 1 is 1.37 bits per heavy atom. The summed E-state index contributed by atoms with van der Waals surface area (Å²) in [7, 11) is 0. The molecule has 3 N–H and O–H groups in total. The molecule has 1 aromatic heterocycles. The van der Waals surface area contributed by atoms with Gasteiger partial charge in [-0.25, -0.2) is 0 Å². The van der Waals surface area contributed by atoms with E-state index in [2.05, 4.69) is 0 Å². The molecule has 1 aromatic rings. The molecule has 0 spiro atoms. The fraction of sp³-hybridized carbons (Fsp3) is 0.538. The van der Waals surface area contributed by atoms with Gasteiger partial charge in [0.2, 0.25) is 0 Å². The maximum absolute atomic E-state index is 12.3. The van der Waals surface area contributed by atoms with E-state index in [1.165, 1.54) is 4.90 Å². The normalized spacial score (nSPS) is 15.6. The molecule has 0 aliphatic heterocycles. The van der Waals surface area contributed by atoms with Gasteiger partial charge in [0.25, 0.3) is 5.91 Å². The summed E-state index contributed by atoms with van der Waals surface area (Å²) in [5.74, 6) is -0.696. The van der Waals surface area contributed by atoms with Crippen molar-refractivity contribution < 1.29 is 19.1 Å². The van der Waals surface area contributed by atoms with Gasteiger partial charge in [0.05, 0.1) is 6.54 Å². The SMILES string of the molecule is NCc1ccc(C(=O)N(CC(=O)O)C2CCCC2)o1. The molecule has 0 unspecified atom stereocenters. The zero-order valence-electron chi connectivity index (χ0n) is 10.7. The quantitative estimate of drug-likeness (QED) is 0.834. The van der Waals surface area contributed by atoms with E-state index in [4.69, 9.17) is 15.3 Å². The minimum Gasteiger partial charge on any atom is -0.480 e. The highest BCUT2D eigenvalue weighted by Crippen LogP contribution is 2.25. The average Bonchev–Trinajstić information content (AvgIpc) is 3.05. The van der Waals surface area contributed by atoms with Gasteiger partial charge in [0.15, 0.2) is 5.76 Å². The molecule has 1 fully saturated rings. The highest BCUT2D eigenvalue weighted by atomic mass is 16.4. The van der Waals surface area contributed by atoms with Crippen LogP contribution in [0.25, 0.3) is 0 Å². The van der Waals surface area contributed by atoms with Crippen LogP contribution >= 0.6 is 0 Å². The minimum absolute atomic E-state index is 0.00461. The number of carbonyl (C=O) groups is 2. The number of rotatable bonds is 5. The Labute approximate surface area is 111 Å². The minimum atomic E-state index is -1.01. The molecule has 0 radical (unpaired) electrons. The fourth-order valence-corrected chi connectivity index (χ4v) is 2.47. The van der Waals surface area contributed by atoms with Crippen molar-refractivity contribution in [3.05, 3.63) is 23.7 Å². The van der Waals surface area contributed by atoms with E-state index >= 15 is 0 Å². The van der Waals surface area contributed by atoms with E-state index in [0.717, 1.165) is 25.7 Å². The first-order valence-electron chi connectivity index (χ1n) is 6.43. The van der Waals surface area contributed by atoms with Gasteiger partial charge in [-0.05, 0) is 25.0 Å². The van der Waals surface area contributed by atoms with Crippen LogP contribution in [0.1, 0.15) is 42.0 Å². The Hall–Kier alpha value is -1.82. The van der Waals surface area contributed by atoms with E-state index in [1.807, 2.05) is 0 Å². The monoisotopic (exact) mass is 266 g/mol. The maximum Gasteiger partial charge on any atom is 0.323 e. The molecule has 1 aliphatic rings. The Morgan fingerprint density at radius 3 is 2.58 bits per heavy atom. The van der Waals surface area contributed by atoms with Gasteiger partial charge in [-0.3, -0.25) is 9.59 Å². The zero-order chi connectivity index (χ0) is 13.8. The summed E-state index contributed by atoms with van der Waals surface area (Å²) < 4.78 is 5.31. The third kappa shape index (κ3) is 3.14. The van der Waals surface area contributed by atoms with Crippen molar-refractivity contribution in [1.82, 2.24) is 4.90 Å². The summed E-state index contributed by atoms with van der Waals surface area (Å²) in [6.45, 7) is -0.0716. The van der Waals surface area contributed by atoms with Crippen molar-refractivity contribution in [3.8, 4) is 0 Å². The lowest BCUT2D eigenvalue weighted by Crippen LogP contribution is -2.42. The van der Waals surface area contributed by atoms with Crippen LogP contribution in [-0.2, 0) is 11.3 Å². The second-order valence-electron chi connectivity index (χ2n) is 4.74. The van der Waals surface area contributed by atoms with Crippen LogP contribution in [0.3, 0.4) is 0 Å². The molecule has 0 aromatic carbocycles. The molecule has 104 valence electrons. The molecule has 1 amide bonds. The van der Waals surface area contributed by atoms with E-state index < -0.39 is 5.97 Å². The lowest BCUT2D eigenvalue weighted by molar-refractivity contribution is -0.138. The van der Waals surface area contributed by atoms with Crippen molar-refractivity contribution >= 4 is 11.9 Å². The number of nitrogens with two attached hydrogens (primary N) is 1. The van der Waals surface area contributed by atoms with Crippen molar-refractivity contribution in [2.45, 2.75) is 38.3 Å². The number of carboxylic acid groups (broad SMARTS) is 1. The molecule has 0 bridgehead atoms. The van der Waals surface area contributed by atoms with E-state index in [9.17, 15) is 9.59 Å². The predicted octanol–water partition coefficient (Wildman–Crippen LogP) is 1.21. The molecule has 1 heterocycles. The number of carbonyl (C=O) groups excluding carboxylic acids is 1. The van der Waals surface area contributed by atoms with Gasteiger partial charge in [-0.2, -0.15) is 0 Å². The third-order valence-corrected chi connectivity index (χ3v) is 3.41. The fourth-order valence-electron chi connectivity index (χ4n) is 2.47. The molecular weight excluding hydrogens is 248 g/mol. The van der Waals surface area contributed by atoms with Crippen LogP contribution < -0.4 is 5.73 Å². The predicted molar refractivity (Wildman–Crippen MR) is 67.5 cm³/mol. The van der Waals surface area contributed by atoms with Crippen molar-refractivity contribution in [1.29, 1.82) is 0 Å². The van der Waals surface area contributed by atoms with E-state index in [-0.39, 0.29) is 30.8 Å². The first-order chi connectivity index (χ1) is 9.11. The van der Waals surface area contributed by atoms with Crippen LogP contribution in [0.5, 0.6) is 0 Å². The smallest absolute Gasteiger partial charge is 0.323 e. The Balaban J connectivity index is 2.16. The van der Waals surface area contributed by atoms with Crippen LogP contribution in [0.4, 0.5) is 0 Å². The van der Waals surface area contributed by atoms with Crippen LogP contribution in [0.15, 0.2) is 16.5 Å². The van der Waals surface area contributed by atoms with Crippen molar-refractivity contribution in [3.63, 3.8) is 0 Å². The summed E-state index contributed by atoms with van der Waals surface area (Å²) in [6.07, 6.45) is 3.76. The lowest BCUT2D eigenvalue weighted by Gasteiger charge is -2.26. The van der Waals surface area contributed by atoms with Gasteiger partial charge in [0, 0.05) is 6.04 Å². The molecule has 2 rings (SSSR count). The first-order valence-corrected chi connectivity index (χ1v) is 6.43. The second-order valence-corrected chi connectivity index (χ2v) is 4.74. The van der Waals surface area contributed by atoms with Gasteiger partial charge in [-0.15, -0.1) is 0 Å². The molecule has 6 heteroatoms. The van der Waals surface area contributed by atoms with E-state index in [0.29, 0.717) is 5.76 Å². The van der Waals surface area contributed by atoms with Crippen molar-refractivity contribution in [2.75, 3.05) is 6.54 Å². The van der Waals surface area contributed by atoms with Crippen LogP contribution in [-0.4, -0.2) is 34.5 Å². The highest BCUT2D eigenvalue weighted by molar-refractivity contribution is 5.93. The summed E-state index contributed by atoms with van der Waals surface area (Å²) in [6, 6.07) is 3.19. The lowest BCUT2D eigenvalue weighted by atomic mass is 10.2. The average molecular weight is 266 g/mol. The Kier molecular flexibility index (Phi) is 4.21. The molecular formula is C13H18N2O4. The second kappa shape index (κ2) is 5.88. The summed E-state index contributed by atoms with van der Waals surface area (Å²) in [4.78, 5) is 24.6. The first kappa shape index (κ1) is 13.6. The summed E-state index contributed by atoms with van der Waals surface area (Å²) in [5, 5.41) is 8.95. The molecule has 19 heavy (non-hydrogen) atoms. The van der Waals surface area contributed by atoms with Gasteiger partial charge in [-0.1, -0.05) is 12.8 Å². The number of hydrogen-bond acceptors (Lipinski definition) is 4. The standard InChI is InChI=1S/C13H18N2O4/c14-7-10-5-6-11(19-10)13(18)15(8-12(16)17)9-3-1-2-4-9/h5-6,9H,1-4,7-8,14H2,(H,16,17). The molecule has 6 nitrogen and oxygen atoms in total. The molecule has 1 aliphatic carbocycles. The largest absolute Gasteiger partial charge is 0.480 e. The van der Waals surface area contributed by atoms with Gasteiger partial charge >= 0.3 is 5.97 Å². The van der Waals surface area contributed by atoms with Crippen molar-refractivity contribution in [2.24, 2.45) is 5.73 Å². The topological polar surface area (TPSA) is 96.8 Å². The Bertz CT molecular complexity index is 463. The third-order valence-electron chi connectivity index (χ3n) is 3.41. The number of furan rings is 1. The molecule has 0 saturated heterocycles. The zero-order valence-corrected chi connectivity index (χ0v) is 10.7. The van der Waals surface area contributed by atoms with Crippen LogP contribution in [0, 0.1) is 0 Å². The van der Waals surface area contributed by atoms with Crippen LogP contribution in [0.2, 0.25) is 0 Å². The number of nitrogens with zero attached hydrogens (tertiary/aromatic N) is 1.